The quantitative estimate of drug-likeness (QED) is 0.116. The van der Waals surface area contributed by atoms with Gasteiger partial charge in [-0.2, -0.15) is 0 Å². The zero-order chi connectivity index (χ0) is 46.5. The summed E-state index contributed by atoms with van der Waals surface area (Å²) in [6, 6.07) is 6.77. The normalized spacial score (nSPS) is 13.8. The van der Waals surface area contributed by atoms with Crippen LogP contribution in [0, 0.1) is 5.92 Å². The topological polar surface area (TPSA) is 158 Å². The molecule has 0 aliphatic carbocycles. The maximum atomic E-state index is 13.7. The fraction of sp³-hybridized carbons (Fsp3) is 0.705. The maximum Gasteiger partial charge on any atom is 0.310 e. The summed E-state index contributed by atoms with van der Waals surface area (Å²) in [6.07, 6.45) is 0. The highest BCUT2D eigenvalue weighted by Gasteiger charge is 2.40. The van der Waals surface area contributed by atoms with Crippen molar-refractivity contribution in [2.24, 2.45) is 5.92 Å². The van der Waals surface area contributed by atoms with Crippen molar-refractivity contribution in [1.82, 2.24) is 20.6 Å². The number of carboxylic acids is 1. The second-order valence-electron chi connectivity index (χ2n) is 22.3. The molecule has 0 bridgehead atoms. The Morgan fingerprint density at radius 2 is 0.717 bits per heavy atom. The molecule has 0 aromatic carbocycles. The Bertz CT molecular complexity index is 1590. The molecule has 12 nitrogen and oxygen atoms in total. The number of carboxylic acid groups (broad SMARTS) is 1. The van der Waals surface area contributed by atoms with Crippen molar-refractivity contribution < 1.29 is 37.2 Å². The van der Waals surface area contributed by atoms with Gasteiger partial charge in [0.25, 0.3) is 11.8 Å². The molecule has 2 rings (SSSR count). The van der Waals surface area contributed by atoms with Crippen LogP contribution in [0.4, 0.5) is 0 Å². The van der Waals surface area contributed by atoms with Gasteiger partial charge in [0.05, 0.1) is 55.1 Å². The molecule has 0 unspecified atom stereocenters. The molecule has 2 aromatic rings. The highest BCUT2D eigenvalue weighted by atomic mass is 28.4. The summed E-state index contributed by atoms with van der Waals surface area (Å²) < 4.78 is 25.9. The standard InChI is InChI=1S/C44H80N4O8Si4/c1-41(2,3)57(13,14)53-27-34-21-31(22-35(47-34)28-54-58(15,16)42(4,5)6)38(49)45-25-33(40(51)52)26-46-39(50)32-23-36(29-55-59(17,18)43(7,8)9)48-37(24-32)30-56-60(19,20)44(10,11)12/h21-24,33H,25-30H2,1-20H3,(H,45,49)(H,46,50)(H,51,52). The van der Waals surface area contributed by atoms with Crippen molar-refractivity contribution in [1.29, 1.82) is 0 Å². The van der Waals surface area contributed by atoms with Crippen LogP contribution in [0.2, 0.25) is 72.5 Å². The molecule has 60 heavy (non-hydrogen) atoms. The molecule has 0 atom stereocenters. The van der Waals surface area contributed by atoms with E-state index in [1.807, 2.05) is 0 Å². The number of hydrogen-bond donors (Lipinski definition) is 3. The van der Waals surface area contributed by atoms with Crippen LogP contribution < -0.4 is 10.6 Å². The Morgan fingerprint density at radius 1 is 0.500 bits per heavy atom. The summed E-state index contributed by atoms with van der Waals surface area (Å²) >= 11 is 0. The van der Waals surface area contributed by atoms with E-state index in [4.69, 9.17) is 27.7 Å². The van der Waals surface area contributed by atoms with E-state index in [0.717, 1.165) is 0 Å². The highest BCUT2D eigenvalue weighted by molar-refractivity contribution is 6.75. The van der Waals surface area contributed by atoms with Crippen molar-refractivity contribution in [2.75, 3.05) is 13.1 Å². The van der Waals surface area contributed by atoms with Crippen molar-refractivity contribution in [3.63, 3.8) is 0 Å². The molecule has 2 heterocycles. The number of aromatic nitrogens is 2. The number of hydrogen-bond acceptors (Lipinski definition) is 9. The third kappa shape index (κ3) is 15.3. The van der Waals surface area contributed by atoms with E-state index >= 15 is 0 Å². The number of carbonyl (C=O) groups is 3. The lowest BCUT2D eigenvalue weighted by Gasteiger charge is -2.36. The molecule has 340 valence electrons. The largest absolute Gasteiger partial charge is 0.481 e. The Morgan fingerprint density at radius 3 is 0.900 bits per heavy atom. The molecule has 0 saturated carbocycles. The smallest absolute Gasteiger partial charge is 0.310 e. The van der Waals surface area contributed by atoms with Gasteiger partial charge in [0.15, 0.2) is 33.3 Å². The summed E-state index contributed by atoms with van der Waals surface area (Å²) in [6.45, 7) is 43.8. The first kappa shape index (κ1) is 53.6. The summed E-state index contributed by atoms with van der Waals surface area (Å²) in [5.41, 5.74) is 3.07. The number of aliphatic carboxylic acids is 1. The first-order valence-corrected chi connectivity index (χ1v) is 32.9. The van der Waals surface area contributed by atoms with E-state index < -0.39 is 57.0 Å². The van der Waals surface area contributed by atoms with Crippen LogP contribution in [0.1, 0.15) is 127 Å². The van der Waals surface area contributed by atoms with Crippen LogP contribution in [-0.2, 0) is 48.9 Å². The highest BCUT2D eigenvalue weighted by Crippen LogP contribution is 2.40. The van der Waals surface area contributed by atoms with Crippen LogP contribution in [0.5, 0.6) is 0 Å². The summed E-state index contributed by atoms with van der Waals surface area (Å²) in [5.74, 6) is -3.17. The second kappa shape index (κ2) is 19.9. The van der Waals surface area contributed by atoms with E-state index in [9.17, 15) is 19.5 Å². The molecule has 16 heteroatoms. The first-order chi connectivity index (χ1) is 26.9. The summed E-state index contributed by atoms with van der Waals surface area (Å²) in [5, 5.41) is 15.7. The Balaban J connectivity index is 2.33. The van der Waals surface area contributed by atoms with Crippen molar-refractivity contribution >= 4 is 51.1 Å². The number of amides is 2. The number of pyridine rings is 2. The van der Waals surface area contributed by atoms with Gasteiger partial charge in [-0.15, -0.1) is 0 Å². The average molecular weight is 905 g/mol. The zero-order valence-corrected chi connectivity index (χ0v) is 44.8. The predicted octanol–water partition coefficient (Wildman–Crippen LogP) is 10.4. The second-order valence-corrected chi connectivity index (χ2v) is 41.6. The van der Waals surface area contributed by atoms with Gasteiger partial charge in [0.2, 0.25) is 0 Å². The van der Waals surface area contributed by atoms with Crippen LogP contribution in [-0.4, -0.2) is 79.2 Å². The molecule has 0 radical (unpaired) electrons. The SMILES string of the molecule is CC(C)(C)[Si](C)(C)OCc1cc(C(=O)NCC(CNC(=O)c2cc(CO[Si](C)(C)C(C)(C)C)nc(CO[Si](C)(C)C(C)(C)C)c2)C(=O)O)cc(CO[Si](C)(C)C(C)(C)C)n1. The van der Waals surface area contributed by atoms with Crippen LogP contribution in [0.15, 0.2) is 24.3 Å². The monoisotopic (exact) mass is 905 g/mol. The molecular formula is C44H80N4O8Si4. The fourth-order valence-electron chi connectivity index (χ4n) is 4.62. The van der Waals surface area contributed by atoms with Crippen LogP contribution >= 0.6 is 0 Å². The average Bonchev–Trinajstić information content (AvgIpc) is 3.09. The molecule has 2 aromatic heterocycles. The van der Waals surface area contributed by atoms with E-state index in [0.29, 0.717) is 33.9 Å². The van der Waals surface area contributed by atoms with Crippen molar-refractivity contribution in [3.05, 3.63) is 58.2 Å². The molecule has 0 saturated heterocycles. The molecule has 0 fully saturated rings. The van der Waals surface area contributed by atoms with Gasteiger partial charge in [0, 0.05) is 24.2 Å². The predicted molar refractivity (Wildman–Crippen MR) is 252 cm³/mol. The molecule has 0 aliphatic rings. The lowest BCUT2D eigenvalue weighted by molar-refractivity contribution is -0.141. The van der Waals surface area contributed by atoms with E-state index in [2.05, 4.69) is 146 Å². The maximum absolute atomic E-state index is 13.7. The number of nitrogens with one attached hydrogen (secondary N) is 2. The first-order valence-electron chi connectivity index (χ1n) is 21.2. The fourth-order valence-corrected chi connectivity index (χ4v) is 8.39. The Hall–Kier alpha value is -2.58. The van der Waals surface area contributed by atoms with Gasteiger partial charge in [-0.05, 0) is 96.8 Å². The van der Waals surface area contributed by atoms with Crippen molar-refractivity contribution in [3.8, 4) is 0 Å². The Kier molecular flexibility index (Phi) is 17.7. The third-order valence-corrected chi connectivity index (χ3v) is 31.2. The third-order valence-electron chi connectivity index (χ3n) is 13.3. The Labute approximate surface area is 366 Å². The number of carbonyl (C=O) groups excluding carboxylic acids is 2. The summed E-state index contributed by atoms with van der Waals surface area (Å²) in [7, 11) is -8.52. The van der Waals surface area contributed by atoms with Gasteiger partial charge in [-0.1, -0.05) is 83.1 Å². The van der Waals surface area contributed by atoms with E-state index in [1.54, 1.807) is 24.3 Å². The molecule has 0 aliphatic heterocycles. The van der Waals surface area contributed by atoms with Crippen LogP contribution in [0.3, 0.4) is 0 Å². The molecule has 2 amide bonds. The summed E-state index contributed by atoms with van der Waals surface area (Å²) in [4.78, 5) is 49.6. The van der Waals surface area contributed by atoms with Gasteiger partial charge in [-0.3, -0.25) is 24.4 Å². The minimum atomic E-state index is -2.13. The minimum absolute atomic E-state index is 0.0162. The lowest BCUT2D eigenvalue weighted by atomic mass is 10.1. The van der Waals surface area contributed by atoms with Gasteiger partial charge >= 0.3 is 5.97 Å². The van der Waals surface area contributed by atoms with Crippen LogP contribution in [0.25, 0.3) is 0 Å². The van der Waals surface area contributed by atoms with Gasteiger partial charge in [-0.25, -0.2) is 0 Å². The lowest BCUT2D eigenvalue weighted by Crippen LogP contribution is -2.41. The zero-order valence-electron chi connectivity index (χ0n) is 40.8. The van der Waals surface area contributed by atoms with Gasteiger partial charge in [0.1, 0.15) is 0 Å². The van der Waals surface area contributed by atoms with E-state index in [-0.39, 0.29) is 59.7 Å². The van der Waals surface area contributed by atoms with Gasteiger partial charge < -0.3 is 33.4 Å². The molecule has 0 spiro atoms. The number of rotatable bonds is 19. The minimum Gasteiger partial charge on any atom is -0.481 e. The molecule has 3 N–H and O–H groups in total. The molecular weight excluding hydrogens is 825 g/mol. The van der Waals surface area contributed by atoms with Crippen molar-refractivity contribution in [2.45, 2.75) is 182 Å². The number of nitrogens with zero attached hydrogens (tertiary/aromatic N) is 2. The van der Waals surface area contributed by atoms with E-state index in [1.165, 1.54) is 0 Å².